The van der Waals surface area contributed by atoms with Gasteiger partial charge in [-0.25, -0.2) is 5.06 Å². The second-order valence-corrected chi connectivity index (χ2v) is 3.35. The van der Waals surface area contributed by atoms with Gasteiger partial charge in [0, 0.05) is 0 Å². The molecule has 1 aromatic carbocycles. The van der Waals surface area contributed by atoms with Gasteiger partial charge in [-0.2, -0.15) is 0 Å². The SMILES string of the molecule is CCCCON(C=O)Cc1ccccc1. The van der Waals surface area contributed by atoms with Crippen LogP contribution in [0.3, 0.4) is 0 Å². The van der Waals surface area contributed by atoms with Crippen LogP contribution in [0.5, 0.6) is 0 Å². The molecule has 15 heavy (non-hydrogen) atoms. The zero-order valence-electron chi connectivity index (χ0n) is 9.06. The molecule has 0 radical (unpaired) electrons. The van der Waals surface area contributed by atoms with E-state index in [0.29, 0.717) is 13.2 Å². The topological polar surface area (TPSA) is 29.5 Å². The number of hydroxylamine groups is 2. The maximum Gasteiger partial charge on any atom is 0.233 e. The normalized spacial score (nSPS) is 9.93. The number of unbranched alkanes of at least 4 members (excludes halogenated alkanes) is 1. The van der Waals surface area contributed by atoms with Gasteiger partial charge >= 0.3 is 0 Å². The molecule has 0 bridgehead atoms. The standard InChI is InChI=1S/C12H17NO2/c1-2-3-9-15-13(11-14)10-12-7-5-4-6-8-12/h4-8,11H,2-3,9-10H2,1H3. The molecule has 3 nitrogen and oxygen atoms in total. The zero-order valence-corrected chi connectivity index (χ0v) is 9.06. The third-order valence-corrected chi connectivity index (χ3v) is 2.05. The molecular weight excluding hydrogens is 190 g/mol. The lowest BCUT2D eigenvalue weighted by Crippen LogP contribution is -2.22. The minimum Gasteiger partial charge on any atom is -0.276 e. The summed E-state index contributed by atoms with van der Waals surface area (Å²) in [5, 5.41) is 1.34. The van der Waals surface area contributed by atoms with Crippen LogP contribution in [0.25, 0.3) is 0 Å². The van der Waals surface area contributed by atoms with Crippen molar-refractivity contribution < 1.29 is 9.63 Å². The highest BCUT2D eigenvalue weighted by molar-refractivity contribution is 5.45. The van der Waals surface area contributed by atoms with E-state index in [0.717, 1.165) is 24.8 Å². The molecule has 0 N–H and O–H groups in total. The molecule has 0 saturated heterocycles. The molecule has 0 aliphatic carbocycles. The zero-order chi connectivity index (χ0) is 10.9. The third kappa shape index (κ3) is 4.61. The smallest absolute Gasteiger partial charge is 0.233 e. The summed E-state index contributed by atoms with van der Waals surface area (Å²) in [6.45, 7) is 3.20. The maximum atomic E-state index is 10.7. The predicted molar refractivity (Wildman–Crippen MR) is 58.9 cm³/mol. The second-order valence-electron chi connectivity index (χ2n) is 3.35. The van der Waals surface area contributed by atoms with Crippen molar-refractivity contribution in [2.24, 2.45) is 0 Å². The van der Waals surface area contributed by atoms with Gasteiger partial charge in [0.2, 0.25) is 6.41 Å². The van der Waals surface area contributed by atoms with Gasteiger partial charge in [-0.05, 0) is 12.0 Å². The minimum absolute atomic E-state index is 0.508. The molecule has 1 amide bonds. The lowest BCUT2D eigenvalue weighted by atomic mass is 10.2. The highest BCUT2D eigenvalue weighted by Crippen LogP contribution is 2.03. The molecule has 0 heterocycles. The first-order chi connectivity index (χ1) is 7.36. The number of carbonyl (C=O) groups is 1. The van der Waals surface area contributed by atoms with Crippen LogP contribution >= 0.6 is 0 Å². The van der Waals surface area contributed by atoms with Crippen molar-refractivity contribution in [1.29, 1.82) is 0 Å². The molecule has 0 saturated carbocycles. The lowest BCUT2D eigenvalue weighted by Gasteiger charge is -2.16. The number of benzene rings is 1. The van der Waals surface area contributed by atoms with Crippen molar-refractivity contribution in [1.82, 2.24) is 5.06 Å². The van der Waals surface area contributed by atoms with E-state index in [4.69, 9.17) is 4.84 Å². The first-order valence-corrected chi connectivity index (χ1v) is 5.25. The fraction of sp³-hybridized carbons (Fsp3) is 0.417. The Morgan fingerprint density at radius 3 is 2.67 bits per heavy atom. The molecule has 1 rings (SSSR count). The Morgan fingerprint density at radius 2 is 2.07 bits per heavy atom. The number of rotatable bonds is 7. The Kier molecular flexibility index (Phi) is 5.48. The van der Waals surface area contributed by atoms with Gasteiger partial charge in [0.25, 0.3) is 0 Å². The summed E-state index contributed by atoms with van der Waals surface area (Å²) >= 11 is 0. The van der Waals surface area contributed by atoms with E-state index in [1.807, 2.05) is 30.3 Å². The summed E-state index contributed by atoms with van der Waals surface area (Å²) < 4.78 is 0. The first kappa shape index (κ1) is 11.7. The Bertz CT molecular complexity index is 274. The van der Waals surface area contributed by atoms with Crippen molar-refractivity contribution in [3.8, 4) is 0 Å². The number of carbonyl (C=O) groups excluding carboxylic acids is 1. The summed E-state index contributed by atoms with van der Waals surface area (Å²) in [5.74, 6) is 0. The van der Waals surface area contributed by atoms with Gasteiger partial charge in [0.1, 0.15) is 0 Å². The van der Waals surface area contributed by atoms with E-state index in [-0.39, 0.29) is 0 Å². The molecule has 0 unspecified atom stereocenters. The number of hydrogen-bond acceptors (Lipinski definition) is 2. The van der Waals surface area contributed by atoms with Gasteiger partial charge in [0.15, 0.2) is 0 Å². The van der Waals surface area contributed by atoms with Crippen LogP contribution < -0.4 is 0 Å². The molecule has 0 fully saturated rings. The van der Waals surface area contributed by atoms with Crippen molar-refractivity contribution >= 4 is 6.41 Å². The fourth-order valence-electron chi connectivity index (χ4n) is 1.20. The van der Waals surface area contributed by atoms with Gasteiger partial charge in [-0.3, -0.25) is 9.63 Å². The highest BCUT2D eigenvalue weighted by Gasteiger charge is 2.02. The molecule has 0 atom stereocenters. The second kappa shape index (κ2) is 7.01. The Labute approximate surface area is 90.6 Å². The van der Waals surface area contributed by atoms with Crippen molar-refractivity contribution in [2.75, 3.05) is 6.61 Å². The van der Waals surface area contributed by atoms with E-state index >= 15 is 0 Å². The number of hydrogen-bond donors (Lipinski definition) is 0. The minimum atomic E-state index is 0.508. The summed E-state index contributed by atoms with van der Waals surface area (Å²) in [6, 6.07) is 9.79. The van der Waals surface area contributed by atoms with E-state index in [9.17, 15) is 4.79 Å². The van der Waals surface area contributed by atoms with Gasteiger partial charge in [-0.15, -0.1) is 0 Å². The Hall–Kier alpha value is -1.35. The van der Waals surface area contributed by atoms with E-state index in [1.54, 1.807) is 0 Å². The van der Waals surface area contributed by atoms with Crippen LogP contribution in [0, 0.1) is 0 Å². The quantitative estimate of drug-likeness (QED) is 0.390. The highest BCUT2D eigenvalue weighted by atomic mass is 16.7. The van der Waals surface area contributed by atoms with Gasteiger partial charge in [-0.1, -0.05) is 43.7 Å². The van der Waals surface area contributed by atoms with Crippen LogP contribution in [-0.4, -0.2) is 18.1 Å². The average Bonchev–Trinajstić information content (AvgIpc) is 2.29. The van der Waals surface area contributed by atoms with Gasteiger partial charge in [0.05, 0.1) is 13.2 Å². The molecule has 0 aliphatic heterocycles. The largest absolute Gasteiger partial charge is 0.276 e. The summed E-state index contributed by atoms with van der Waals surface area (Å²) in [4.78, 5) is 16.0. The van der Waals surface area contributed by atoms with E-state index in [2.05, 4.69) is 6.92 Å². The van der Waals surface area contributed by atoms with E-state index in [1.165, 1.54) is 5.06 Å². The van der Waals surface area contributed by atoms with Crippen LogP contribution in [0.15, 0.2) is 30.3 Å². The molecule has 82 valence electrons. The van der Waals surface area contributed by atoms with Gasteiger partial charge < -0.3 is 0 Å². The summed E-state index contributed by atoms with van der Waals surface area (Å²) in [6.07, 6.45) is 2.76. The molecule has 0 aromatic heterocycles. The van der Waals surface area contributed by atoms with Crippen LogP contribution in [0.4, 0.5) is 0 Å². The van der Waals surface area contributed by atoms with Crippen molar-refractivity contribution in [3.05, 3.63) is 35.9 Å². The van der Waals surface area contributed by atoms with E-state index < -0.39 is 0 Å². The van der Waals surface area contributed by atoms with Crippen LogP contribution in [0.2, 0.25) is 0 Å². The first-order valence-electron chi connectivity index (χ1n) is 5.25. The van der Waals surface area contributed by atoms with Crippen molar-refractivity contribution in [2.45, 2.75) is 26.3 Å². The molecule has 1 aromatic rings. The Balaban J connectivity index is 2.37. The number of amides is 1. The third-order valence-electron chi connectivity index (χ3n) is 2.05. The fourth-order valence-corrected chi connectivity index (χ4v) is 1.20. The number of nitrogens with zero attached hydrogens (tertiary/aromatic N) is 1. The van der Waals surface area contributed by atoms with Crippen LogP contribution in [-0.2, 0) is 16.2 Å². The average molecular weight is 207 g/mol. The maximum absolute atomic E-state index is 10.7. The molecule has 0 aliphatic rings. The summed E-state index contributed by atoms with van der Waals surface area (Å²) in [7, 11) is 0. The molecule has 3 heteroatoms. The predicted octanol–water partition coefficient (Wildman–Crippen LogP) is 2.38. The molecular formula is C12H17NO2. The summed E-state index contributed by atoms with van der Waals surface area (Å²) in [5.41, 5.74) is 1.07. The van der Waals surface area contributed by atoms with Crippen molar-refractivity contribution in [3.63, 3.8) is 0 Å². The monoisotopic (exact) mass is 207 g/mol. The molecule has 0 spiro atoms. The Morgan fingerprint density at radius 1 is 1.33 bits per heavy atom. The lowest BCUT2D eigenvalue weighted by molar-refractivity contribution is -0.176. The van der Waals surface area contributed by atoms with Crippen LogP contribution in [0.1, 0.15) is 25.3 Å².